The number of carbonyl (C=O) groups is 1. The van der Waals surface area contributed by atoms with Gasteiger partial charge in [0.25, 0.3) is 0 Å². The lowest BCUT2D eigenvalue weighted by Crippen LogP contribution is -2.35. The van der Waals surface area contributed by atoms with Gasteiger partial charge in [-0.25, -0.2) is 0 Å². The maximum Gasteiger partial charge on any atom is 0.227 e. The Morgan fingerprint density at radius 2 is 2.12 bits per heavy atom. The predicted octanol–water partition coefficient (Wildman–Crippen LogP) is 0.445. The molecule has 1 atom stereocenters. The number of hydrogen-bond donors (Lipinski definition) is 4. The van der Waals surface area contributed by atoms with Gasteiger partial charge >= 0.3 is 0 Å². The van der Waals surface area contributed by atoms with Crippen LogP contribution in [0.1, 0.15) is 12.8 Å². The predicted molar refractivity (Wildman–Crippen MR) is 63.8 cm³/mol. The summed E-state index contributed by atoms with van der Waals surface area (Å²) in [4.78, 5) is 11.7. The van der Waals surface area contributed by atoms with Gasteiger partial charge < -0.3 is 20.8 Å². The van der Waals surface area contributed by atoms with Crippen LogP contribution in [0.25, 0.3) is 0 Å². The van der Waals surface area contributed by atoms with Crippen molar-refractivity contribution in [2.24, 2.45) is 0 Å². The number of phenolic OH excluding ortho intramolecular Hbond substituents is 1. The van der Waals surface area contributed by atoms with Gasteiger partial charge in [0, 0.05) is 12.2 Å². The molecule has 0 aliphatic carbocycles. The molecule has 0 radical (unpaired) electrons. The van der Waals surface area contributed by atoms with E-state index in [1.807, 2.05) is 0 Å². The molecule has 1 amide bonds. The molecular weight excluding hydrogens is 220 g/mol. The molecule has 1 fully saturated rings. The largest absolute Gasteiger partial charge is 0.508 e. The molecule has 4 N–H and O–H groups in total. The Balaban J connectivity index is 1.91. The van der Waals surface area contributed by atoms with Crippen LogP contribution < -0.4 is 10.6 Å². The van der Waals surface area contributed by atoms with E-state index in [9.17, 15) is 9.90 Å². The first-order chi connectivity index (χ1) is 8.07. The number of carbonyl (C=O) groups excluding carboxylic acids is 1. The number of nitrogens with one attached hydrogen (secondary N) is 2. The molecule has 1 saturated heterocycles. The van der Waals surface area contributed by atoms with E-state index < -0.39 is 5.60 Å². The van der Waals surface area contributed by atoms with Crippen LogP contribution in [0.2, 0.25) is 0 Å². The summed E-state index contributed by atoms with van der Waals surface area (Å²) in [5.74, 6) is -0.0662. The van der Waals surface area contributed by atoms with Gasteiger partial charge in [-0.3, -0.25) is 4.79 Å². The summed E-state index contributed by atoms with van der Waals surface area (Å²) in [5.41, 5.74) is -0.316. The molecule has 1 unspecified atom stereocenters. The second-order valence-electron chi connectivity index (χ2n) is 4.42. The number of aromatic hydroxyl groups is 1. The summed E-state index contributed by atoms with van der Waals surface area (Å²) in [7, 11) is 0. The Morgan fingerprint density at radius 1 is 1.41 bits per heavy atom. The normalized spacial score (nSPS) is 23.6. The lowest BCUT2D eigenvalue weighted by atomic mass is 9.98. The smallest absolute Gasteiger partial charge is 0.227 e. The topological polar surface area (TPSA) is 81.6 Å². The van der Waals surface area contributed by atoms with Crippen molar-refractivity contribution < 1.29 is 15.0 Å². The molecule has 5 heteroatoms. The van der Waals surface area contributed by atoms with Crippen molar-refractivity contribution in [1.82, 2.24) is 5.32 Å². The number of phenols is 1. The molecule has 92 valence electrons. The Hall–Kier alpha value is -1.59. The van der Waals surface area contributed by atoms with Crippen LogP contribution in [0.5, 0.6) is 5.75 Å². The Kier molecular flexibility index (Phi) is 3.31. The van der Waals surface area contributed by atoms with Crippen LogP contribution in [0.15, 0.2) is 24.3 Å². The quantitative estimate of drug-likeness (QED) is 0.574. The summed E-state index contributed by atoms with van der Waals surface area (Å²) >= 11 is 0. The monoisotopic (exact) mass is 236 g/mol. The third-order valence-corrected chi connectivity index (χ3v) is 2.86. The van der Waals surface area contributed by atoms with E-state index in [1.54, 1.807) is 12.1 Å². The van der Waals surface area contributed by atoms with Crippen molar-refractivity contribution in [3.8, 4) is 5.75 Å². The van der Waals surface area contributed by atoms with Crippen molar-refractivity contribution in [3.05, 3.63) is 24.3 Å². The highest BCUT2D eigenvalue weighted by molar-refractivity contribution is 5.91. The molecule has 0 aromatic heterocycles. The fourth-order valence-electron chi connectivity index (χ4n) is 1.93. The number of hydrogen-bond acceptors (Lipinski definition) is 4. The van der Waals surface area contributed by atoms with E-state index in [-0.39, 0.29) is 18.1 Å². The summed E-state index contributed by atoms with van der Waals surface area (Å²) in [5, 5.41) is 24.8. The molecule has 17 heavy (non-hydrogen) atoms. The maximum atomic E-state index is 11.7. The summed E-state index contributed by atoms with van der Waals surface area (Å²) in [6.45, 7) is 1.19. The average molecular weight is 236 g/mol. The average Bonchev–Trinajstić information content (AvgIpc) is 2.68. The van der Waals surface area contributed by atoms with Gasteiger partial charge in [-0.15, -0.1) is 0 Å². The van der Waals surface area contributed by atoms with Crippen LogP contribution in [0.3, 0.4) is 0 Å². The summed E-state index contributed by atoms with van der Waals surface area (Å²) in [6, 6.07) is 6.23. The van der Waals surface area contributed by atoms with Gasteiger partial charge in [0.2, 0.25) is 5.91 Å². The maximum absolute atomic E-state index is 11.7. The van der Waals surface area contributed by atoms with E-state index >= 15 is 0 Å². The molecule has 0 bridgehead atoms. The van der Waals surface area contributed by atoms with Gasteiger partial charge in [0.1, 0.15) is 5.75 Å². The SMILES string of the molecule is O=C(CC1(O)CCNC1)Nc1ccc(O)cc1. The van der Waals surface area contributed by atoms with E-state index in [0.717, 1.165) is 6.54 Å². The minimum atomic E-state index is -0.930. The van der Waals surface area contributed by atoms with Gasteiger partial charge in [0.15, 0.2) is 0 Å². The molecular formula is C12H16N2O3. The highest BCUT2D eigenvalue weighted by atomic mass is 16.3. The van der Waals surface area contributed by atoms with Crippen LogP contribution in [0, 0.1) is 0 Å². The third kappa shape index (κ3) is 3.18. The fourth-order valence-corrected chi connectivity index (χ4v) is 1.93. The molecule has 1 heterocycles. The number of anilines is 1. The number of benzene rings is 1. The van der Waals surface area contributed by atoms with Crippen molar-refractivity contribution in [2.45, 2.75) is 18.4 Å². The fraction of sp³-hybridized carbons (Fsp3) is 0.417. The highest BCUT2D eigenvalue weighted by Gasteiger charge is 2.33. The minimum absolute atomic E-state index is 0.0842. The van der Waals surface area contributed by atoms with Crippen LogP contribution >= 0.6 is 0 Å². The van der Waals surface area contributed by atoms with E-state index in [0.29, 0.717) is 18.7 Å². The zero-order chi connectivity index (χ0) is 12.3. The van der Waals surface area contributed by atoms with Gasteiger partial charge in [-0.05, 0) is 37.2 Å². The van der Waals surface area contributed by atoms with E-state index in [4.69, 9.17) is 5.11 Å². The molecule has 0 spiro atoms. The molecule has 1 aliphatic heterocycles. The lowest BCUT2D eigenvalue weighted by Gasteiger charge is -2.20. The zero-order valence-corrected chi connectivity index (χ0v) is 9.44. The standard InChI is InChI=1S/C12H16N2O3/c15-10-3-1-9(2-4-10)14-11(16)7-12(17)5-6-13-8-12/h1-4,13,15,17H,5-8H2,(H,14,16). The highest BCUT2D eigenvalue weighted by Crippen LogP contribution is 2.20. The Bertz CT molecular complexity index is 397. The van der Waals surface area contributed by atoms with Crippen LogP contribution in [-0.4, -0.2) is 34.8 Å². The van der Waals surface area contributed by atoms with Crippen LogP contribution in [0.4, 0.5) is 5.69 Å². The first-order valence-electron chi connectivity index (χ1n) is 5.59. The van der Waals surface area contributed by atoms with Crippen molar-refractivity contribution in [3.63, 3.8) is 0 Å². The second kappa shape index (κ2) is 4.73. The number of rotatable bonds is 3. The minimum Gasteiger partial charge on any atom is -0.508 e. The van der Waals surface area contributed by atoms with Crippen molar-refractivity contribution in [1.29, 1.82) is 0 Å². The van der Waals surface area contributed by atoms with Gasteiger partial charge in [-0.2, -0.15) is 0 Å². The Labute approximate surface area is 99.5 Å². The second-order valence-corrected chi connectivity index (χ2v) is 4.42. The third-order valence-electron chi connectivity index (χ3n) is 2.86. The molecule has 0 saturated carbocycles. The van der Waals surface area contributed by atoms with E-state index in [2.05, 4.69) is 10.6 Å². The molecule has 5 nitrogen and oxygen atoms in total. The van der Waals surface area contributed by atoms with Crippen LogP contribution in [-0.2, 0) is 4.79 Å². The van der Waals surface area contributed by atoms with Gasteiger partial charge in [0.05, 0.1) is 12.0 Å². The Morgan fingerprint density at radius 3 is 2.71 bits per heavy atom. The number of β-amino-alcohol motifs (C(OH)–C–C–N with tert-alkyl or cyclic N) is 1. The molecule has 1 aromatic carbocycles. The molecule has 2 rings (SSSR count). The zero-order valence-electron chi connectivity index (χ0n) is 9.44. The van der Waals surface area contributed by atoms with Gasteiger partial charge in [-0.1, -0.05) is 0 Å². The first kappa shape index (κ1) is 11.9. The number of amides is 1. The summed E-state index contributed by atoms with van der Waals surface area (Å²) in [6.07, 6.45) is 0.677. The van der Waals surface area contributed by atoms with Crippen molar-refractivity contribution in [2.75, 3.05) is 18.4 Å². The molecule has 1 aliphatic rings. The molecule has 1 aromatic rings. The summed E-state index contributed by atoms with van der Waals surface area (Å²) < 4.78 is 0. The van der Waals surface area contributed by atoms with E-state index in [1.165, 1.54) is 12.1 Å². The number of aliphatic hydroxyl groups is 1. The lowest BCUT2D eigenvalue weighted by molar-refractivity contribution is -0.120. The van der Waals surface area contributed by atoms with Crippen molar-refractivity contribution >= 4 is 11.6 Å². The first-order valence-corrected chi connectivity index (χ1v) is 5.59.